The first kappa shape index (κ1) is 31.4. The van der Waals surface area contributed by atoms with Crippen molar-refractivity contribution in [2.75, 3.05) is 18.6 Å². The fraction of sp³-hybridized carbons (Fsp3) is 0.742. The predicted molar refractivity (Wildman–Crippen MR) is 159 cm³/mol. The number of nitrogens with one attached hydrogen (secondary N) is 2. The minimum atomic E-state index is -1.10. The molecular formula is C31H45N3O6S. The molecule has 0 aliphatic heterocycles. The Hall–Kier alpha value is -2.51. The first-order chi connectivity index (χ1) is 19.4. The highest BCUT2D eigenvalue weighted by Gasteiger charge is 2.63. The van der Waals surface area contributed by atoms with E-state index in [1.807, 2.05) is 6.26 Å². The average molecular weight is 588 g/mol. The Kier molecular flexibility index (Phi) is 9.49. The molecule has 4 aliphatic carbocycles. The molecule has 0 spiro atoms. The van der Waals surface area contributed by atoms with Crippen LogP contribution in [-0.4, -0.2) is 70.0 Å². The van der Waals surface area contributed by atoms with Gasteiger partial charge in [0.15, 0.2) is 6.61 Å². The van der Waals surface area contributed by atoms with E-state index in [1.165, 1.54) is 24.3 Å². The molecule has 41 heavy (non-hydrogen) atoms. The van der Waals surface area contributed by atoms with Gasteiger partial charge in [-0.1, -0.05) is 30.5 Å². The second-order valence-electron chi connectivity index (χ2n) is 12.8. The lowest BCUT2D eigenvalue weighted by Gasteiger charge is -2.58. The van der Waals surface area contributed by atoms with E-state index in [1.54, 1.807) is 0 Å². The zero-order chi connectivity index (χ0) is 30.0. The molecule has 0 aromatic heterocycles. The SMILES string of the molecule is C#C[C@]1(O)CC[C@@H]2[C@@H]3CCC4=CC(=NOCC(=O)N[C@H](C)C(=O)N[C@H](CCSC)C(=O)O)CC[C@]4(C)[C@H]3CC[C@@]21C. The smallest absolute Gasteiger partial charge is 0.326 e. The zero-order valence-corrected chi connectivity index (χ0v) is 25.5. The molecule has 0 aromatic carbocycles. The van der Waals surface area contributed by atoms with E-state index in [0.717, 1.165) is 50.7 Å². The van der Waals surface area contributed by atoms with Crippen LogP contribution in [0.3, 0.4) is 0 Å². The lowest BCUT2D eigenvalue weighted by atomic mass is 9.46. The summed E-state index contributed by atoms with van der Waals surface area (Å²) in [7, 11) is 0. The van der Waals surface area contributed by atoms with Gasteiger partial charge in [0, 0.05) is 5.41 Å². The van der Waals surface area contributed by atoms with Gasteiger partial charge in [0.25, 0.3) is 5.91 Å². The van der Waals surface area contributed by atoms with Gasteiger partial charge in [-0.3, -0.25) is 9.59 Å². The van der Waals surface area contributed by atoms with E-state index in [9.17, 15) is 24.6 Å². The minimum Gasteiger partial charge on any atom is -0.480 e. The van der Waals surface area contributed by atoms with Gasteiger partial charge in [0.2, 0.25) is 5.91 Å². The minimum absolute atomic E-state index is 0.0872. The summed E-state index contributed by atoms with van der Waals surface area (Å²) in [6.07, 6.45) is 17.6. The molecule has 4 aliphatic rings. The fourth-order valence-electron chi connectivity index (χ4n) is 8.21. The Morgan fingerprint density at radius 2 is 1.90 bits per heavy atom. The second-order valence-corrected chi connectivity index (χ2v) is 13.8. The molecule has 0 unspecified atom stereocenters. The van der Waals surface area contributed by atoms with Crippen molar-refractivity contribution >= 4 is 35.3 Å². The van der Waals surface area contributed by atoms with Crippen LogP contribution in [-0.2, 0) is 19.2 Å². The summed E-state index contributed by atoms with van der Waals surface area (Å²) in [6, 6.07) is -1.91. The lowest BCUT2D eigenvalue weighted by Crippen LogP contribution is -2.54. The number of hydrogen-bond acceptors (Lipinski definition) is 7. The largest absolute Gasteiger partial charge is 0.480 e. The first-order valence-corrected chi connectivity index (χ1v) is 16.2. The highest BCUT2D eigenvalue weighted by Crippen LogP contribution is 2.67. The van der Waals surface area contributed by atoms with E-state index in [2.05, 4.69) is 41.6 Å². The first-order valence-electron chi connectivity index (χ1n) is 14.8. The topological polar surface area (TPSA) is 137 Å². The maximum Gasteiger partial charge on any atom is 0.326 e. The number of nitrogens with zero attached hydrogens (tertiary/aromatic N) is 1. The summed E-state index contributed by atoms with van der Waals surface area (Å²) in [5.41, 5.74) is 1.09. The van der Waals surface area contributed by atoms with Crippen molar-refractivity contribution in [2.45, 2.75) is 96.2 Å². The van der Waals surface area contributed by atoms with E-state index < -0.39 is 35.5 Å². The molecule has 8 atom stereocenters. The van der Waals surface area contributed by atoms with Crippen molar-refractivity contribution in [3.05, 3.63) is 11.6 Å². The van der Waals surface area contributed by atoms with Gasteiger partial charge in [-0.15, -0.1) is 6.42 Å². The third kappa shape index (κ3) is 6.03. The normalized spacial score (nSPS) is 36.4. The predicted octanol–water partition coefficient (Wildman–Crippen LogP) is 3.51. The molecule has 0 radical (unpaired) electrons. The van der Waals surface area contributed by atoms with Gasteiger partial charge in [-0.05, 0) is 106 Å². The third-order valence-corrected chi connectivity index (χ3v) is 11.4. The Balaban J connectivity index is 1.31. The van der Waals surface area contributed by atoms with Crippen molar-refractivity contribution in [2.24, 2.45) is 33.7 Å². The summed E-state index contributed by atoms with van der Waals surface area (Å²) in [5, 5.41) is 29.8. The van der Waals surface area contributed by atoms with Crippen molar-refractivity contribution in [3.8, 4) is 12.3 Å². The molecule has 3 fully saturated rings. The number of allylic oxidation sites excluding steroid dienone is 2. The van der Waals surface area contributed by atoms with Crippen LogP contribution in [0.25, 0.3) is 0 Å². The fourth-order valence-corrected chi connectivity index (χ4v) is 8.68. The van der Waals surface area contributed by atoms with Gasteiger partial charge in [0.1, 0.15) is 17.7 Å². The summed E-state index contributed by atoms with van der Waals surface area (Å²) >= 11 is 1.50. The van der Waals surface area contributed by atoms with Crippen LogP contribution in [0, 0.1) is 40.9 Å². The quantitative estimate of drug-likeness (QED) is 0.227. The number of aliphatic hydroxyl groups is 1. The molecule has 0 aromatic rings. The van der Waals surface area contributed by atoms with Crippen molar-refractivity contribution < 1.29 is 29.4 Å². The number of carbonyl (C=O) groups excluding carboxylic acids is 2. The molecule has 2 amide bonds. The number of carboxylic acids is 1. The summed E-state index contributed by atoms with van der Waals surface area (Å²) in [6.45, 7) is 5.76. The second kappa shape index (κ2) is 12.4. The van der Waals surface area contributed by atoms with Gasteiger partial charge in [-0.25, -0.2) is 4.79 Å². The number of terminal acetylenes is 1. The van der Waals surface area contributed by atoms with Crippen LogP contribution in [0.1, 0.15) is 78.6 Å². The van der Waals surface area contributed by atoms with Crippen LogP contribution >= 0.6 is 11.8 Å². The number of amides is 2. The Morgan fingerprint density at radius 3 is 2.59 bits per heavy atom. The van der Waals surface area contributed by atoms with Crippen LogP contribution in [0.5, 0.6) is 0 Å². The van der Waals surface area contributed by atoms with E-state index in [-0.39, 0.29) is 17.4 Å². The molecule has 3 saturated carbocycles. The van der Waals surface area contributed by atoms with Crippen LogP contribution < -0.4 is 10.6 Å². The van der Waals surface area contributed by atoms with Crippen LogP contribution in [0.4, 0.5) is 0 Å². The third-order valence-electron chi connectivity index (χ3n) is 10.7. The van der Waals surface area contributed by atoms with Crippen molar-refractivity contribution in [1.82, 2.24) is 10.6 Å². The maximum absolute atomic E-state index is 12.4. The van der Waals surface area contributed by atoms with Gasteiger partial charge < -0.3 is 25.7 Å². The molecule has 0 saturated heterocycles. The van der Waals surface area contributed by atoms with Gasteiger partial charge in [0.05, 0.1) is 5.71 Å². The Morgan fingerprint density at radius 1 is 1.17 bits per heavy atom. The van der Waals surface area contributed by atoms with E-state index in [4.69, 9.17) is 11.3 Å². The number of thioether (sulfide) groups is 1. The van der Waals surface area contributed by atoms with Crippen LogP contribution in [0.15, 0.2) is 16.8 Å². The average Bonchev–Trinajstić information content (AvgIpc) is 3.21. The Bertz CT molecular complexity index is 1150. The highest BCUT2D eigenvalue weighted by atomic mass is 32.2. The van der Waals surface area contributed by atoms with E-state index >= 15 is 0 Å². The molecule has 0 heterocycles. The summed E-state index contributed by atoms with van der Waals surface area (Å²) in [5.74, 6) is 2.75. The molecule has 10 heteroatoms. The zero-order valence-electron chi connectivity index (χ0n) is 24.7. The van der Waals surface area contributed by atoms with Crippen molar-refractivity contribution in [1.29, 1.82) is 0 Å². The number of carboxylic acid groups (broad SMARTS) is 1. The molecule has 9 nitrogen and oxygen atoms in total. The maximum atomic E-state index is 12.4. The van der Waals surface area contributed by atoms with Crippen molar-refractivity contribution in [3.63, 3.8) is 0 Å². The molecular weight excluding hydrogens is 542 g/mol. The molecule has 226 valence electrons. The molecule has 4 rings (SSSR count). The number of aliphatic carboxylic acids is 1. The van der Waals surface area contributed by atoms with Gasteiger partial charge in [-0.2, -0.15) is 11.8 Å². The Labute approximate surface area is 247 Å². The number of rotatable bonds is 10. The summed E-state index contributed by atoms with van der Waals surface area (Å²) in [4.78, 5) is 41.5. The monoisotopic (exact) mass is 587 g/mol. The molecule has 0 bridgehead atoms. The lowest BCUT2D eigenvalue weighted by molar-refractivity contribution is -0.142. The molecule has 4 N–H and O–H groups in total. The van der Waals surface area contributed by atoms with Crippen LogP contribution in [0.2, 0.25) is 0 Å². The number of hydrogen-bond donors (Lipinski definition) is 4. The number of fused-ring (bicyclic) bond motifs is 5. The highest BCUT2D eigenvalue weighted by molar-refractivity contribution is 7.98. The van der Waals surface area contributed by atoms with Gasteiger partial charge >= 0.3 is 5.97 Å². The number of carbonyl (C=O) groups is 3. The standard InChI is InChI=1S/C31H45N3O6S/c1-6-31(39)15-11-24-22-8-7-20-17-21(9-13-29(20,3)23(22)10-14-30(24,31)4)34-40-18-26(35)32-19(2)27(36)33-25(28(37)38)12-16-41-5/h1,17,19,22-25,39H,7-16,18H2,2-5H3,(H,32,35)(H,33,36)(H,37,38)/t19-,22-,23+,24-,25-,29+,30+,31+/m1/s1. The number of oxime groups is 1. The van der Waals surface area contributed by atoms with E-state index in [0.29, 0.717) is 36.3 Å². The summed E-state index contributed by atoms with van der Waals surface area (Å²) < 4.78 is 0.